The van der Waals surface area contributed by atoms with Gasteiger partial charge in [-0.2, -0.15) is 13.2 Å². The molecule has 1 aliphatic heterocycles. The van der Waals surface area contributed by atoms with Gasteiger partial charge in [-0.25, -0.2) is 4.98 Å². The monoisotopic (exact) mass is 403 g/mol. The number of amides is 1. The molecule has 0 spiro atoms. The minimum absolute atomic E-state index is 0.0104. The molecule has 27 heavy (non-hydrogen) atoms. The molecule has 1 saturated carbocycles. The van der Waals surface area contributed by atoms with Gasteiger partial charge >= 0.3 is 6.18 Å². The van der Waals surface area contributed by atoms with Crippen molar-refractivity contribution in [2.45, 2.75) is 57.7 Å². The lowest BCUT2D eigenvalue weighted by Gasteiger charge is -2.35. The standard InChI is InChI=1S/C19H25ClF3N3O/c1-12-4-2-3-5-16(12)25-18(27)13-6-8-26(9-7-13)17-15(20)10-14(11-24-17)19(21,22)23/h10-13,16H,2-9H2,1H3,(H,25,27)/t12-,16+/m1/s1. The van der Waals surface area contributed by atoms with Crippen molar-refractivity contribution in [3.05, 3.63) is 22.8 Å². The Morgan fingerprint density at radius 1 is 1.22 bits per heavy atom. The molecule has 0 radical (unpaired) electrons. The number of nitrogens with one attached hydrogen (secondary N) is 1. The zero-order valence-electron chi connectivity index (χ0n) is 15.4. The molecule has 1 amide bonds. The molecule has 2 aliphatic rings. The number of alkyl halides is 3. The zero-order chi connectivity index (χ0) is 19.6. The van der Waals surface area contributed by atoms with E-state index in [-0.39, 0.29) is 22.9 Å². The van der Waals surface area contributed by atoms with E-state index in [2.05, 4.69) is 17.2 Å². The zero-order valence-corrected chi connectivity index (χ0v) is 16.1. The fourth-order valence-corrected chi connectivity index (χ4v) is 4.29. The summed E-state index contributed by atoms with van der Waals surface area (Å²) in [5.74, 6) is 0.894. The molecule has 0 bridgehead atoms. The predicted octanol–water partition coefficient (Wildman–Crippen LogP) is 4.67. The topological polar surface area (TPSA) is 45.2 Å². The number of piperidine rings is 1. The van der Waals surface area contributed by atoms with E-state index in [1.54, 1.807) is 0 Å². The third-order valence-electron chi connectivity index (χ3n) is 5.75. The molecule has 2 heterocycles. The third kappa shape index (κ3) is 4.86. The summed E-state index contributed by atoms with van der Waals surface area (Å²) in [7, 11) is 0. The van der Waals surface area contributed by atoms with E-state index in [0.717, 1.165) is 31.5 Å². The Bertz CT molecular complexity index is 675. The van der Waals surface area contributed by atoms with Crippen LogP contribution in [0, 0.1) is 11.8 Å². The molecular formula is C19H25ClF3N3O. The molecule has 2 fully saturated rings. The van der Waals surface area contributed by atoms with Gasteiger partial charge in [-0.3, -0.25) is 4.79 Å². The Labute approximate surface area is 162 Å². The van der Waals surface area contributed by atoms with Crippen molar-refractivity contribution in [2.75, 3.05) is 18.0 Å². The lowest BCUT2D eigenvalue weighted by atomic mass is 9.85. The van der Waals surface area contributed by atoms with Crippen LogP contribution in [0.1, 0.15) is 51.0 Å². The van der Waals surface area contributed by atoms with Gasteiger partial charge in [-0.15, -0.1) is 0 Å². The van der Waals surface area contributed by atoms with Gasteiger partial charge in [0.15, 0.2) is 0 Å². The number of carbonyl (C=O) groups excluding carboxylic acids is 1. The lowest BCUT2D eigenvalue weighted by molar-refractivity contribution is -0.137. The molecule has 2 atom stereocenters. The number of hydrogen-bond acceptors (Lipinski definition) is 3. The SMILES string of the molecule is C[C@@H]1CCCC[C@@H]1NC(=O)C1CCN(c2ncc(C(F)(F)F)cc2Cl)CC1. The molecule has 1 aromatic heterocycles. The second-order valence-corrected chi connectivity index (χ2v) is 8.07. The smallest absolute Gasteiger partial charge is 0.355 e. The van der Waals surface area contributed by atoms with E-state index in [4.69, 9.17) is 11.6 Å². The minimum Gasteiger partial charge on any atom is -0.355 e. The van der Waals surface area contributed by atoms with Crippen molar-refractivity contribution < 1.29 is 18.0 Å². The van der Waals surface area contributed by atoms with E-state index in [1.165, 1.54) is 6.42 Å². The normalized spacial score (nSPS) is 24.7. The molecule has 1 aromatic rings. The quantitative estimate of drug-likeness (QED) is 0.798. The number of aromatic nitrogens is 1. The number of rotatable bonds is 3. The molecule has 4 nitrogen and oxygen atoms in total. The van der Waals surface area contributed by atoms with Crippen molar-refractivity contribution in [1.82, 2.24) is 10.3 Å². The molecule has 1 aliphatic carbocycles. The molecular weight excluding hydrogens is 379 g/mol. The Morgan fingerprint density at radius 3 is 2.48 bits per heavy atom. The Morgan fingerprint density at radius 2 is 1.89 bits per heavy atom. The van der Waals surface area contributed by atoms with Gasteiger partial charge < -0.3 is 10.2 Å². The number of halogens is 4. The second-order valence-electron chi connectivity index (χ2n) is 7.67. The summed E-state index contributed by atoms with van der Waals surface area (Å²) in [5, 5.41) is 3.19. The largest absolute Gasteiger partial charge is 0.417 e. The number of pyridine rings is 1. The number of carbonyl (C=O) groups is 1. The number of hydrogen-bond donors (Lipinski definition) is 1. The van der Waals surface area contributed by atoms with Gasteiger partial charge in [-0.1, -0.05) is 31.4 Å². The predicted molar refractivity (Wildman–Crippen MR) is 98.7 cm³/mol. The molecule has 0 unspecified atom stereocenters. The maximum Gasteiger partial charge on any atom is 0.417 e. The molecule has 150 valence electrons. The summed E-state index contributed by atoms with van der Waals surface area (Å²) in [5.41, 5.74) is -0.855. The third-order valence-corrected chi connectivity index (χ3v) is 6.03. The Kier molecular flexibility index (Phi) is 6.18. The average molecular weight is 404 g/mol. The lowest BCUT2D eigenvalue weighted by Crippen LogP contribution is -2.46. The van der Waals surface area contributed by atoms with Gasteiger partial charge in [-0.05, 0) is 37.7 Å². The second kappa shape index (κ2) is 8.25. The summed E-state index contributed by atoms with van der Waals surface area (Å²) in [6.07, 6.45) is 2.22. The minimum atomic E-state index is -4.46. The molecule has 8 heteroatoms. The summed E-state index contributed by atoms with van der Waals surface area (Å²) < 4.78 is 38.2. The van der Waals surface area contributed by atoms with Crippen molar-refractivity contribution in [3.8, 4) is 0 Å². The first-order valence-electron chi connectivity index (χ1n) is 9.53. The molecule has 3 rings (SSSR count). The molecule has 1 N–H and O–H groups in total. The summed E-state index contributed by atoms with van der Waals surface area (Å²) in [6, 6.07) is 1.17. The van der Waals surface area contributed by atoms with Crippen molar-refractivity contribution in [1.29, 1.82) is 0 Å². The highest BCUT2D eigenvalue weighted by Gasteiger charge is 2.33. The van der Waals surface area contributed by atoms with E-state index in [9.17, 15) is 18.0 Å². The van der Waals surface area contributed by atoms with Crippen LogP contribution in [0.25, 0.3) is 0 Å². The maximum absolute atomic E-state index is 12.7. The van der Waals surface area contributed by atoms with Crippen molar-refractivity contribution in [2.24, 2.45) is 11.8 Å². The summed E-state index contributed by atoms with van der Waals surface area (Å²) in [6.45, 7) is 3.29. The summed E-state index contributed by atoms with van der Waals surface area (Å²) in [4.78, 5) is 18.4. The van der Waals surface area contributed by atoms with E-state index in [0.29, 0.717) is 37.7 Å². The van der Waals surface area contributed by atoms with Crippen LogP contribution in [0.4, 0.5) is 19.0 Å². The fourth-order valence-electron chi connectivity index (χ4n) is 4.00. The van der Waals surface area contributed by atoms with Crippen molar-refractivity contribution >= 4 is 23.3 Å². The average Bonchev–Trinajstić information content (AvgIpc) is 2.63. The van der Waals surface area contributed by atoms with Gasteiger partial charge in [0.1, 0.15) is 5.82 Å². The first-order valence-corrected chi connectivity index (χ1v) is 9.91. The Hall–Kier alpha value is -1.50. The first kappa shape index (κ1) is 20.2. The number of anilines is 1. The van der Waals surface area contributed by atoms with Gasteiger partial charge in [0.05, 0.1) is 10.6 Å². The number of nitrogens with zero attached hydrogens (tertiary/aromatic N) is 2. The van der Waals surface area contributed by atoms with Crippen LogP contribution < -0.4 is 10.2 Å². The van der Waals surface area contributed by atoms with Crippen molar-refractivity contribution in [3.63, 3.8) is 0 Å². The van der Waals surface area contributed by atoms with Gasteiger partial charge in [0.2, 0.25) is 5.91 Å². The van der Waals surface area contributed by atoms with E-state index < -0.39 is 11.7 Å². The van der Waals surface area contributed by atoms with Crippen LogP contribution in [0.2, 0.25) is 5.02 Å². The summed E-state index contributed by atoms with van der Waals surface area (Å²) >= 11 is 6.03. The van der Waals surface area contributed by atoms with Gasteiger partial charge in [0, 0.05) is 31.2 Å². The van der Waals surface area contributed by atoms with E-state index in [1.807, 2.05) is 4.90 Å². The maximum atomic E-state index is 12.7. The van der Waals surface area contributed by atoms with Crippen LogP contribution >= 0.6 is 11.6 Å². The molecule has 0 aromatic carbocycles. The first-order chi connectivity index (χ1) is 12.8. The van der Waals surface area contributed by atoms with Crippen LogP contribution in [0.3, 0.4) is 0 Å². The van der Waals surface area contributed by atoms with E-state index >= 15 is 0 Å². The Balaban J connectivity index is 1.56. The highest BCUT2D eigenvalue weighted by atomic mass is 35.5. The van der Waals surface area contributed by atoms with Crippen LogP contribution in [-0.2, 0) is 11.0 Å². The highest BCUT2D eigenvalue weighted by Crippen LogP contribution is 2.34. The van der Waals surface area contributed by atoms with Crippen LogP contribution in [0.15, 0.2) is 12.3 Å². The van der Waals surface area contributed by atoms with Crippen LogP contribution in [0.5, 0.6) is 0 Å². The highest BCUT2D eigenvalue weighted by molar-refractivity contribution is 6.33. The van der Waals surface area contributed by atoms with Crippen LogP contribution in [-0.4, -0.2) is 30.0 Å². The fraction of sp³-hybridized carbons (Fsp3) is 0.684. The molecule has 1 saturated heterocycles. The van der Waals surface area contributed by atoms with Gasteiger partial charge in [0.25, 0.3) is 0 Å².